The fourth-order valence-corrected chi connectivity index (χ4v) is 2.70. The van der Waals surface area contributed by atoms with E-state index in [1.54, 1.807) is 0 Å². The molecule has 102 valence electrons. The van der Waals surface area contributed by atoms with E-state index in [4.69, 9.17) is 0 Å². The number of hydrogen-bond acceptors (Lipinski definition) is 1. The summed E-state index contributed by atoms with van der Waals surface area (Å²) in [5, 5.41) is 3.74. The van der Waals surface area contributed by atoms with Gasteiger partial charge in [0.2, 0.25) is 0 Å². The summed E-state index contributed by atoms with van der Waals surface area (Å²) in [6, 6.07) is 9.42. The summed E-state index contributed by atoms with van der Waals surface area (Å²) in [5.74, 6) is 0.703. The van der Waals surface area contributed by atoms with Crippen molar-refractivity contribution < 1.29 is 0 Å². The Balaban J connectivity index is 2.92. The van der Waals surface area contributed by atoms with Crippen LogP contribution in [0.4, 0.5) is 0 Å². The van der Waals surface area contributed by atoms with Gasteiger partial charge in [-0.2, -0.15) is 0 Å². The minimum atomic E-state index is 0.515. The molecule has 18 heavy (non-hydrogen) atoms. The molecule has 1 aromatic rings. The van der Waals surface area contributed by atoms with Crippen molar-refractivity contribution in [2.24, 2.45) is 5.92 Å². The maximum atomic E-state index is 3.74. The van der Waals surface area contributed by atoms with Crippen LogP contribution in [0, 0.1) is 5.92 Å². The van der Waals surface area contributed by atoms with E-state index < -0.39 is 0 Å². The van der Waals surface area contributed by atoms with Crippen molar-refractivity contribution in [2.45, 2.75) is 59.4 Å². The van der Waals surface area contributed by atoms with Gasteiger partial charge in [0, 0.05) is 6.04 Å². The smallest absolute Gasteiger partial charge is 0.0348 e. The third-order valence-corrected chi connectivity index (χ3v) is 3.70. The van der Waals surface area contributed by atoms with Crippen LogP contribution in [-0.2, 0) is 6.42 Å². The molecule has 2 atom stereocenters. The molecule has 1 heteroatoms. The van der Waals surface area contributed by atoms with E-state index in [0.717, 1.165) is 13.0 Å². The van der Waals surface area contributed by atoms with E-state index in [1.165, 1.54) is 30.4 Å². The van der Waals surface area contributed by atoms with Crippen LogP contribution >= 0.6 is 0 Å². The molecule has 0 fully saturated rings. The first kappa shape index (κ1) is 15.2. The molecule has 0 aliphatic rings. The Morgan fingerprint density at radius 3 is 2.39 bits per heavy atom. The van der Waals surface area contributed by atoms with Crippen molar-refractivity contribution in [3.63, 3.8) is 0 Å². The van der Waals surface area contributed by atoms with Gasteiger partial charge >= 0.3 is 0 Å². The van der Waals surface area contributed by atoms with Crippen LogP contribution in [0.15, 0.2) is 24.3 Å². The second-order valence-corrected chi connectivity index (χ2v) is 5.25. The van der Waals surface area contributed by atoms with E-state index in [2.05, 4.69) is 57.3 Å². The summed E-state index contributed by atoms with van der Waals surface area (Å²) >= 11 is 0. The van der Waals surface area contributed by atoms with Gasteiger partial charge in [-0.25, -0.2) is 0 Å². The Morgan fingerprint density at radius 2 is 1.78 bits per heavy atom. The highest BCUT2D eigenvalue weighted by Gasteiger charge is 2.19. The molecule has 0 amide bonds. The van der Waals surface area contributed by atoms with Crippen molar-refractivity contribution in [3.8, 4) is 0 Å². The minimum absolute atomic E-state index is 0.515. The molecule has 0 saturated heterocycles. The normalized spacial score (nSPS) is 14.4. The summed E-state index contributed by atoms with van der Waals surface area (Å²) < 4.78 is 0. The SMILES string of the molecule is CCCNC(c1ccccc1CC)C(C)CCC. The molecule has 0 aliphatic carbocycles. The molecule has 0 bridgehead atoms. The number of rotatable bonds is 8. The van der Waals surface area contributed by atoms with Crippen LogP contribution in [0.1, 0.15) is 64.1 Å². The molecule has 0 saturated carbocycles. The fraction of sp³-hybridized carbons (Fsp3) is 0.647. The third-order valence-electron chi connectivity index (χ3n) is 3.70. The average Bonchev–Trinajstić information content (AvgIpc) is 2.40. The molecule has 0 radical (unpaired) electrons. The largest absolute Gasteiger partial charge is 0.310 e. The van der Waals surface area contributed by atoms with E-state index in [1.807, 2.05) is 0 Å². The molecular weight excluding hydrogens is 218 g/mol. The topological polar surface area (TPSA) is 12.0 Å². The molecular formula is C17H29N. The first-order valence-electron chi connectivity index (χ1n) is 7.55. The zero-order chi connectivity index (χ0) is 13.4. The fourth-order valence-electron chi connectivity index (χ4n) is 2.70. The minimum Gasteiger partial charge on any atom is -0.310 e. The molecule has 0 heterocycles. The van der Waals surface area contributed by atoms with Crippen LogP contribution in [0.3, 0.4) is 0 Å². The van der Waals surface area contributed by atoms with Gasteiger partial charge in [0.1, 0.15) is 0 Å². The van der Waals surface area contributed by atoms with Crippen molar-refractivity contribution in [3.05, 3.63) is 35.4 Å². The first-order valence-corrected chi connectivity index (χ1v) is 7.55. The van der Waals surface area contributed by atoms with Gasteiger partial charge in [-0.05, 0) is 42.9 Å². The predicted molar refractivity (Wildman–Crippen MR) is 80.9 cm³/mol. The molecule has 2 unspecified atom stereocenters. The van der Waals surface area contributed by atoms with Gasteiger partial charge in [-0.15, -0.1) is 0 Å². The van der Waals surface area contributed by atoms with Crippen molar-refractivity contribution in [1.82, 2.24) is 5.32 Å². The standard InChI is InChI=1S/C17H29N/c1-5-10-14(4)17(18-13-6-2)16-12-9-8-11-15(16)7-3/h8-9,11-12,14,17-18H,5-7,10,13H2,1-4H3. The molecule has 1 rings (SSSR count). The quantitative estimate of drug-likeness (QED) is 0.700. The highest BCUT2D eigenvalue weighted by atomic mass is 14.9. The van der Waals surface area contributed by atoms with Gasteiger partial charge in [-0.3, -0.25) is 0 Å². The van der Waals surface area contributed by atoms with Crippen molar-refractivity contribution in [2.75, 3.05) is 6.54 Å². The van der Waals surface area contributed by atoms with E-state index >= 15 is 0 Å². The predicted octanol–water partition coefficient (Wildman–Crippen LogP) is 4.73. The maximum absolute atomic E-state index is 3.74. The van der Waals surface area contributed by atoms with Gasteiger partial charge in [0.15, 0.2) is 0 Å². The summed E-state index contributed by atoms with van der Waals surface area (Å²) in [6.45, 7) is 10.2. The molecule has 1 N–H and O–H groups in total. The third kappa shape index (κ3) is 4.13. The molecule has 0 aromatic heterocycles. The van der Waals surface area contributed by atoms with Gasteiger partial charge in [0.25, 0.3) is 0 Å². The van der Waals surface area contributed by atoms with E-state index in [-0.39, 0.29) is 0 Å². The van der Waals surface area contributed by atoms with E-state index in [9.17, 15) is 0 Å². The lowest BCUT2D eigenvalue weighted by Gasteiger charge is -2.27. The second-order valence-electron chi connectivity index (χ2n) is 5.25. The Bertz CT molecular complexity index is 332. The van der Waals surface area contributed by atoms with Gasteiger partial charge in [0.05, 0.1) is 0 Å². The van der Waals surface area contributed by atoms with Crippen LogP contribution in [0.5, 0.6) is 0 Å². The Hall–Kier alpha value is -0.820. The highest BCUT2D eigenvalue weighted by Crippen LogP contribution is 2.28. The summed E-state index contributed by atoms with van der Waals surface area (Å²) in [7, 11) is 0. The first-order chi connectivity index (χ1) is 8.74. The zero-order valence-corrected chi connectivity index (χ0v) is 12.5. The number of aryl methyl sites for hydroxylation is 1. The van der Waals surface area contributed by atoms with Gasteiger partial charge in [-0.1, -0.05) is 58.4 Å². The molecule has 1 aromatic carbocycles. The van der Waals surface area contributed by atoms with Crippen LogP contribution in [-0.4, -0.2) is 6.54 Å². The van der Waals surface area contributed by atoms with Crippen LogP contribution in [0.2, 0.25) is 0 Å². The molecule has 0 aliphatic heterocycles. The van der Waals surface area contributed by atoms with Crippen molar-refractivity contribution >= 4 is 0 Å². The molecule has 1 nitrogen and oxygen atoms in total. The average molecular weight is 247 g/mol. The second kappa shape index (κ2) is 8.31. The Morgan fingerprint density at radius 1 is 1.06 bits per heavy atom. The summed E-state index contributed by atoms with van der Waals surface area (Å²) in [4.78, 5) is 0. The lowest BCUT2D eigenvalue weighted by molar-refractivity contribution is 0.362. The zero-order valence-electron chi connectivity index (χ0n) is 12.5. The van der Waals surface area contributed by atoms with Gasteiger partial charge < -0.3 is 5.32 Å². The molecule has 0 spiro atoms. The van der Waals surface area contributed by atoms with Crippen LogP contribution < -0.4 is 5.32 Å². The number of benzene rings is 1. The van der Waals surface area contributed by atoms with E-state index in [0.29, 0.717) is 12.0 Å². The lowest BCUT2D eigenvalue weighted by atomic mass is 9.87. The summed E-state index contributed by atoms with van der Waals surface area (Å²) in [6.07, 6.45) is 4.88. The van der Waals surface area contributed by atoms with Crippen LogP contribution in [0.25, 0.3) is 0 Å². The monoisotopic (exact) mass is 247 g/mol. The number of nitrogens with one attached hydrogen (secondary N) is 1. The Labute approximate surface area is 113 Å². The van der Waals surface area contributed by atoms with Crippen molar-refractivity contribution in [1.29, 1.82) is 0 Å². The lowest BCUT2D eigenvalue weighted by Crippen LogP contribution is -2.28. The Kier molecular flexibility index (Phi) is 7.04. The maximum Gasteiger partial charge on any atom is 0.0348 e. The highest BCUT2D eigenvalue weighted by molar-refractivity contribution is 5.30. The number of hydrogen-bond donors (Lipinski definition) is 1. The summed E-state index contributed by atoms with van der Waals surface area (Å²) in [5.41, 5.74) is 3.00.